The number of aryl methyl sites for hydroxylation is 4. The molecule has 2 amide bonds. The van der Waals surface area contributed by atoms with Crippen molar-refractivity contribution in [3.8, 4) is 0 Å². The van der Waals surface area contributed by atoms with Gasteiger partial charge < -0.3 is 15.1 Å². The summed E-state index contributed by atoms with van der Waals surface area (Å²) in [7, 11) is 0. The molecule has 2 aromatic rings. The number of nitrogens with zero attached hydrogens (tertiary/aromatic N) is 2. The van der Waals surface area contributed by atoms with E-state index in [0.29, 0.717) is 6.54 Å². The smallest absolute Gasteiger partial charge is 0.317 e. The van der Waals surface area contributed by atoms with E-state index in [1.807, 2.05) is 4.90 Å². The minimum Gasteiger partial charge on any atom is -0.368 e. The molecule has 3 rings (SSSR count). The van der Waals surface area contributed by atoms with E-state index in [2.05, 4.69) is 74.3 Å². The van der Waals surface area contributed by atoms with Crippen molar-refractivity contribution in [1.29, 1.82) is 0 Å². The fourth-order valence-electron chi connectivity index (χ4n) is 3.80. The highest BCUT2D eigenvalue weighted by Crippen LogP contribution is 2.27. The summed E-state index contributed by atoms with van der Waals surface area (Å²) in [6.45, 7) is 12.4. The Bertz CT molecular complexity index is 751. The minimum absolute atomic E-state index is 0.0302. The van der Waals surface area contributed by atoms with Crippen LogP contribution in [-0.2, 0) is 6.54 Å². The first kappa shape index (κ1) is 18.3. The van der Waals surface area contributed by atoms with Crippen LogP contribution in [0.1, 0.15) is 27.8 Å². The van der Waals surface area contributed by atoms with Crippen LogP contribution in [0.2, 0.25) is 0 Å². The lowest BCUT2D eigenvalue weighted by atomic mass is 10.0. The standard InChI is InChI=1S/C22H29N3O/c1-16-5-7-20(8-6-16)15-23-22(26)25-11-9-24(10-12-25)21-18(3)13-17(2)14-19(21)4/h5-8,13-14H,9-12,15H2,1-4H3,(H,23,26). The van der Waals surface area contributed by atoms with Gasteiger partial charge in [0.25, 0.3) is 0 Å². The average Bonchev–Trinajstić information content (AvgIpc) is 2.61. The molecule has 1 aliphatic rings. The largest absolute Gasteiger partial charge is 0.368 e. The van der Waals surface area contributed by atoms with E-state index in [0.717, 1.165) is 31.7 Å². The summed E-state index contributed by atoms with van der Waals surface area (Å²) in [4.78, 5) is 16.8. The van der Waals surface area contributed by atoms with Gasteiger partial charge in [-0.25, -0.2) is 4.79 Å². The Morgan fingerprint density at radius 2 is 1.46 bits per heavy atom. The number of amides is 2. The maximum Gasteiger partial charge on any atom is 0.317 e. The van der Waals surface area contributed by atoms with Gasteiger partial charge in [-0.05, 0) is 44.4 Å². The highest BCUT2D eigenvalue weighted by atomic mass is 16.2. The third-order valence-corrected chi connectivity index (χ3v) is 5.08. The Balaban J connectivity index is 1.55. The van der Waals surface area contributed by atoms with E-state index in [9.17, 15) is 4.79 Å². The van der Waals surface area contributed by atoms with E-state index in [1.54, 1.807) is 0 Å². The van der Waals surface area contributed by atoms with Gasteiger partial charge in [-0.3, -0.25) is 0 Å². The zero-order chi connectivity index (χ0) is 18.7. The Morgan fingerprint density at radius 1 is 0.885 bits per heavy atom. The van der Waals surface area contributed by atoms with Gasteiger partial charge in [0.1, 0.15) is 0 Å². The van der Waals surface area contributed by atoms with Crippen molar-refractivity contribution in [2.45, 2.75) is 34.2 Å². The van der Waals surface area contributed by atoms with Crippen molar-refractivity contribution in [1.82, 2.24) is 10.2 Å². The van der Waals surface area contributed by atoms with Crippen molar-refractivity contribution in [2.24, 2.45) is 0 Å². The van der Waals surface area contributed by atoms with E-state index >= 15 is 0 Å². The van der Waals surface area contributed by atoms with Gasteiger partial charge in [-0.1, -0.05) is 47.5 Å². The lowest BCUT2D eigenvalue weighted by Gasteiger charge is -2.37. The van der Waals surface area contributed by atoms with Crippen LogP contribution in [0.15, 0.2) is 36.4 Å². The van der Waals surface area contributed by atoms with Gasteiger partial charge >= 0.3 is 6.03 Å². The maximum absolute atomic E-state index is 12.5. The molecule has 0 aliphatic carbocycles. The molecule has 0 aromatic heterocycles. The fraction of sp³-hybridized carbons (Fsp3) is 0.409. The highest BCUT2D eigenvalue weighted by Gasteiger charge is 2.22. The van der Waals surface area contributed by atoms with Gasteiger partial charge in [0.05, 0.1) is 0 Å². The monoisotopic (exact) mass is 351 g/mol. The number of nitrogens with one attached hydrogen (secondary N) is 1. The molecule has 0 radical (unpaired) electrons. The quantitative estimate of drug-likeness (QED) is 0.909. The first-order valence-electron chi connectivity index (χ1n) is 9.35. The van der Waals surface area contributed by atoms with Crippen LogP contribution in [0.5, 0.6) is 0 Å². The summed E-state index contributed by atoms with van der Waals surface area (Å²) in [6.07, 6.45) is 0. The van der Waals surface area contributed by atoms with Crippen LogP contribution in [0.3, 0.4) is 0 Å². The number of anilines is 1. The predicted molar refractivity (Wildman–Crippen MR) is 108 cm³/mol. The number of rotatable bonds is 3. The molecule has 1 heterocycles. The number of urea groups is 1. The molecule has 138 valence electrons. The number of piperazine rings is 1. The third-order valence-electron chi connectivity index (χ3n) is 5.08. The highest BCUT2D eigenvalue weighted by molar-refractivity contribution is 5.74. The molecular weight excluding hydrogens is 322 g/mol. The Hall–Kier alpha value is -2.49. The van der Waals surface area contributed by atoms with Crippen molar-refractivity contribution in [2.75, 3.05) is 31.1 Å². The number of carbonyl (C=O) groups is 1. The summed E-state index contributed by atoms with van der Waals surface area (Å²) < 4.78 is 0. The molecule has 1 N–H and O–H groups in total. The van der Waals surface area contributed by atoms with Crippen molar-refractivity contribution in [3.05, 3.63) is 64.2 Å². The van der Waals surface area contributed by atoms with Crippen LogP contribution in [-0.4, -0.2) is 37.1 Å². The van der Waals surface area contributed by atoms with Crippen LogP contribution in [0, 0.1) is 27.7 Å². The van der Waals surface area contributed by atoms with Crippen LogP contribution < -0.4 is 10.2 Å². The molecular formula is C22H29N3O. The van der Waals surface area contributed by atoms with E-state index in [1.165, 1.54) is 27.9 Å². The first-order valence-corrected chi connectivity index (χ1v) is 9.35. The summed E-state index contributed by atoms with van der Waals surface area (Å²) in [5.74, 6) is 0. The Kier molecular flexibility index (Phi) is 5.50. The predicted octanol–water partition coefficient (Wildman–Crippen LogP) is 3.95. The SMILES string of the molecule is Cc1ccc(CNC(=O)N2CCN(c3c(C)cc(C)cc3C)CC2)cc1. The molecule has 1 fully saturated rings. The van der Waals surface area contributed by atoms with Crippen LogP contribution >= 0.6 is 0 Å². The molecule has 4 nitrogen and oxygen atoms in total. The Labute approximate surface area is 156 Å². The summed E-state index contributed by atoms with van der Waals surface area (Å²) in [5, 5.41) is 3.04. The lowest BCUT2D eigenvalue weighted by Crippen LogP contribution is -2.52. The second-order valence-electron chi connectivity index (χ2n) is 7.37. The van der Waals surface area contributed by atoms with Crippen molar-refractivity contribution < 1.29 is 4.79 Å². The average molecular weight is 351 g/mol. The lowest BCUT2D eigenvalue weighted by molar-refractivity contribution is 0.194. The molecule has 0 spiro atoms. The molecule has 1 aliphatic heterocycles. The van der Waals surface area contributed by atoms with Gasteiger partial charge in [0, 0.05) is 38.4 Å². The summed E-state index contributed by atoms with van der Waals surface area (Å²) >= 11 is 0. The second kappa shape index (κ2) is 7.81. The maximum atomic E-state index is 12.5. The number of carbonyl (C=O) groups excluding carboxylic acids is 1. The van der Waals surface area contributed by atoms with E-state index < -0.39 is 0 Å². The molecule has 26 heavy (non-hydrogen) atoms. The van der Waals surface area contributed by atoms with E-state index in [4.69, 9.17) is 0 Å². The van der Waals surface area contributed by atoms with Crippen molar-refractivity contribution in [3.63, 3.8) is 0 Å². The molecule has 0 saturated carbocycles. The molecule has 1 saturated heterocycles. The van der Waals surface area contributed by atoms with Gasteiger partial charge in [-0.15, -0.1) is 0 Å². The van der Waals surface area contributed by atoms with Gasteiger partial charge in [0.2, 0.25) is 0 Å². The summed E-state index contributed by atoms with van der Waals surface area (Å²) in [6, 6.07) is 12.8. The molecule has 0 atom stereocenters. The Morgan fingerprint density at radius 3 is 2.04 bits per heavy atom. The van der Waals surface area contributed by atoms with Crippen molar-refractivity contribution >= 4 is 11.7 Å². The van der Waals surface area contributed by atoms with Gasteiger partial charge in [-0.2, -0.15) is 0 Å². The summed E-state index contributed by atoms with van der Waals surface area (Å²) in [5.41, 5.74) is 7.64. The van der Waals surface area contributed by atoms with E-state index in [-0.39, 0.29) is 6.03 Å². The normalized spacial score (nSPS) is 14.5. The van der Waals surface area contributed by atoms with Crippen LogP contribution in [0.4, 0.5) is 10.5 Å². The molecule has 0 bridgehead atoms. The zero-order valence-corrected chi connectivity index (χ0v) is 16.3. The molecule has 4 heteroatoms. The molecule has 2 aromatic carbocycles. The fourth-order valence-corrected chi connectivity index (χ4v) is 3.80. The third kappa shape index (κ3) is 4.18. The second-order valence-corrected chi connectivity index (χ2v) is 7.37. The number of hydrogen-bond acceptors (Lipinski definition) is 2. The van der Waals surface area contributed by atoms with Gasteiger partial charge in [0.15, 0.2) is 0 Å². The molecule has 0 unspecified atom stereocenters. The topological polar surface area (TPSA) is 35.6 Å². The minimum atomic E-state index is 0.0302. The number of hydrogen-bond donors (Lipinski definition) is 1. The number of benzene rings is 2. The zero-order valence-electron chi connectivity index (χ0n) is 16.3. The first-order chi connectivity index (χ1) is 12.4. The van der Waals surface area contributed by atoms with Crippen LogP contribution in [0.25, 0.3) is 0 Å².